The summed E-state index contributed by atoms with van der Waals surface area (Å²) >= 11 is 3.72. The van der Waals surface area contributed by atoms with Crippen molar-refractivity contribution >= 4 is 27.7 Å². The van der Waals surface area contributed by atoms with E-state index < -0.39 is 11.6 Å². The molecule has 0 bridgehead atoms. The van der Waals surface area contributed by atoms with Gasteiger partial charge in [-0.25, -0.2) is 4.99 Å². The maximum atomic E-state index is 14.8. The van der Waals surface area contributed by atoms with E-state index in [1.165, 1.54) is 0 Å². The molecule has 2 heterocycles. The average molecular weight is 612 g/mol. The minimum absolute atomic E-state index is 0.0581. The monoisotopic (exact) mass is 610 g/mol. The van der Waals surface area contributed by atoms with Gasteiger partial charge in [0.1, 0.15) is 5.75 Å². The highest BCUT2D eigenvalue weighted by Crippen LogP contribution is 2.47. The molecule has 4 aromatic rings. The molecule has 0 aromatic heterocycles. The van der Waals surface area contributed by atoms with Crippen LogP contribution in [0.3, 0.4) is 0 Å². The molecule has 1 N–H and O–H groups in total. The highest BCUT2D eigenvalue weighted by molar-refractivity contribution is 9.10. The third kappa shape index (κ3) is 5.52. The Morgan fingerprint density at radius 3 is 2.39 bits per heavy atom. The fourth-order valence-electron chi connectivity index (χ4n) is 5.59. The molecule has 208 valence electrons. The molecule has 0 radical (unpaired) electrons. The number of carbonyl (C=O) groups is 1. The van der Waals surface area contributed by atoms with Crippen molar-refractivity contribution in [3.63, 3.8) is 0 Å². The fourth-order valence-corrected chi connectivity index (χ4v) is 6.08. The van der Waals surface area contributed by atoms with E-state index in [4.69, 9.17) is 19.6 Å². The van der Waals surface area contributed by atoms with Gasteiger partial charge in [0.05, 0.1) is 6.61 Å². The maximum Gasteiger partial charge on any atom is 0.255 e. The van der Waals surface area contributed by atoms with E-state index in [0.717, 1.165) is 32.3 Å². The van der Waals surface area contributed by atoms with Crippen LogP contribution >= 0.6 is 15.9 Å². The number of halogens is 1. The van der Waals surface area contributed by atoms with Crippen molar-refractivity contribution in [2.45, 2.75) is 37.6 Å². The molecule has 2 aliphatic rings. The Kier molecular flexibility index (Phi) is 7.90. The molecule has 0 fully saturated rings. The number of hydrogen-bond donors (Lipinski definition) is 1. The molecule has 0 saturated carbocycles. The van der Waals surface area contributed by atoms with Crippen LogP contribution in [0, 0.1) is 0 Å². The van der Waals surface area contributed by atoms with Gasteiger partial charge in [-0.3, -0.25) is 4.79 Å². The molecular formula is C34H31BrN2O4. The molecule has 1 amide bonds. The summed E-state index contributed by atoms with van der Waals surface area (Å²) in [6, 6.07) is 33.7. The Morgan fingerprint density at radius 1 is 0.927 bits per heavy atom. The topological polar surface area (TPSA) is 71.4 Å². The van der Waals surface area contributed by atoms with E-state index in [2.05, 4.69) is 28.1 Å². The van der Waals surface area contributed by atoms with Crippen LogP contribution < -0.4 is 4.74 Å². The molecule has 6 nitrogen and oxygen atoms in total. The van der Waals surface area contributed by atoms with Crippen LogP contribution in [0.1, 0.15) is 40.3 Å². The van der Waals surface area contributed by atoms with Gasteiger partial charge >= 0.3 is 0 Å². The largest absolute Gasteiger partial charge is 0.494 e. The minimum atomic E-state index is -1.20. The number of fused-ring (bicyclic) bond motifs is 1. The van der Waals surface area contributed by atoms with Gasteiger partial charge in [-0.2, -0.15) is 0 Å². The van der Waals surface area contributed by atoms with Crippen molar-refractivity contribution in [3.8, 4) is 5.75 Å². The summed E-state index contributed by atoms with van der Waals surface area (Å²) < 4.78 is 13.3. The molecule has 0 saturated heterocycles. The Hall–Kier alpha value is -3.94. The van der Waals surface area contributed by atoms with Gasteiger partial charge in [0, 0.05) is 48.1 Å². The molecular weight excluding hydrogens is 580 g/mol. The summed E-state index contributed by atoms with van der Waals surface area (Å²) in [4.78, 5) is 21.9. The van der Waals surface area contributed by atoms with Gasteiger partial charge in [0.25, 0.3) is 5.91 Å². The highest BCUT2D eigenvalue weighted by Gasteiger charge is 2.56. The number of ether oxygens (including phenoxy) is 2. The predicted molar refractivity (Wildman–Crippen MR) is 162 cm³/mol. The van der Waals surface area contributed by atoms with Gasteiger partial charge in [0.2, 0.25) is 5.90 Å². The Bertz CT molecular complexity index is 1560. The second-order valence-electron chi connectivity index (χ2n) is 10.4. The number of carbonyl (C=O) groups excluding carboxylic acids is 1. The molecule has 4 aromatic carbocycles. The number of amides is 1. The van der Waals surface area contributed by atoms with Crippen molar-refractivity contribution in [1.29, 1.82) is 0 Å². The summed E-state index contributed by atoms with van der Waals surface area (Å²) in [6.45, 7) is 1.49. The van der Waals surface area contributed by atoms with Crippen LogP contribution in [0.2, 0.25) is 0 Å². The average Bonchev–Trinajstić information content (AvgIpc) is 3.33. The quantitative estimate of drug-likeness (QED) is 0.239. The van der Waals surface area contributed by atoms with E-state index in [0.29, 0.717) is 44.2 Å². The lowest BCUT2D eigenvalue weighted by molar-refractivity contribution is -0.140. The first-order valence-corrected chi connectivity index (χ1v) is 14.6. The Morgan fingerprint density at radius 2 is 1.63 bits per heavy atom. The van der Waals surface area contributed by atoms with Gasteiger partial charge < -0.3 is 19.5 Å². The molecule has 2 atom stereocenters. The first kappa shape index (κ1) is 27.2. The highest BCUT2D eigenvalue weighted by atomic mass is 79.9. The molecule has 6 rings (SSSR count). The number of nitrogens with zero attached hydrogens (tertiary/aromatic N) is 2. The molecule has 0 unspecified atom stereocenters. The van der Waals surface area contributed by atoms with Gasteiger partial charge in [-0.15, -0.1) is 0 Å². The summed E-state index contributed by atoms with van der Waals surface area (Å²) in [5.74, 6) is 1.07. The van der Waals surface area contributed by atoms with Gasteiger partial charge in [0.15, 0.2) is 11.6 Å². The number of benzene rings is 4. The third-order valence-electron chi connectivity index (χ3n) is 7.64. The van der Waals surface area contributed by atoms with Crippen LogP contribution in [-0.2, 0) is 29.0 Å². The molecule has 0 aliphatic carbocycles. The maximum absolute atomic E-state index is 14.8. The molecule has 1 spiro atoms. The van der Waals surface area contributed by atoms with Crippen LogP contribution in [0.5, 0.6) is 5.75 Å². The normalized spacial score (nSPS) is 19.9. The number of aliphatic imine (C=N–C) groups is 1. The van der Waals surface area contributed by atoms with Crippen molar-refractivity contribution in [3.05, 3.63) is 135 Å². The van der Waals surface area contributed by atoms with Crippen molar-refractivity contribution < 1.29 is 19.4 Å². The SMILES string of the molecule is O=C1N(Cc2ccccc2)Cc2ccccc2C[C@@]12N=C(c1ccc(OCCCO)cc1)O[C@H]2c1ccccc1Br. The standard InChI is InChI=1S/C34H31BrN2O4/c35-30-14-7-6-13-29(30)31-34(36-32(41-31)25-15-17-28(18-16-25)40-20-8-19-38)21-26-11-4-5-12-27(26)23-37(33(34)39)22-24-9-2-1-3-10-24/h1-7,9-18,31,38H,8,19-23H2/t31-,34-/m0/s1. The van der Waals surface area contributed by atoms with Crippen LogP contribution in [0.4, 0.5) is 0 Å². The zero-order valence-electron chi connectivity index (χ0n) is 22.6. The minimum Gasteiger partial charge on any atom is -0.494 e. The first-order chi connectivity index (χ1) is 20.1. The van der Waals surface area contributed by atoms with E-state index in [1.807, 2.05) is 95.9 Å². The van der Waals surface area contributed by atoms with Crippen LogP contribution in [0.15, 0.2) is 113 Å². The van der Waals surface area contributed by atoms with Crippen LogP contribution in [-0.4, -0.2) is 40.6 Å². The summed E-state index contributed by atoms with van der Waals surface area (Å²) in [7, 11) is 0. The predicted octanol–water partition coefficient (Wildman–Crippen LogP) is 6.25. The van der Waals surface area contributed by atoms with Gasteiger partial charge in [-0.05, 0) is 47.0 Å². The summed E-state index contributed by atoms with van der Waals surface area (Å²) in [5, 5.41) is 9.05. The van der Waals surface area contributed by atoms with Crippen LogP contribution in [0.25, 0.3) is 0 Å². The number of rotatable bonds is 8. The summed E-state index contributed by atoms with van der Waals surface area (Å²) in [5.41, 5.74) is 3.72. The summed E-state index contributed by atoms with van der Waals surface area (Å²) in [6.07, 6.45) is 0.354. The number of hydrogen-bond acceptors (Lipinski definition) is 5. The number of aliphatic hydroxyl groups excluding tert-OH is 1. The molecule has 7 heteroatoms. The van der Waals surface area contributed by atoms with E-state index >= 15 is 0 Å². The van der Waals surface area contributed by atoms with Crippen molar-refractivity contribution in [2.24, 2.45) is 4.99 Å². The molecule has 2 aliphatic heterocycles. The third-order valence-corrected chi connectivity index (χ3v) is 8.36. The van der Waals surface area contributed by atoms with Crippen molar-refractivity contribution in [1.82, 2.24) is 4.90 Å². The van der Waals surface area contributed by atoms with Gasteiger partial charge in [-0.1, -0.05) is 88.7 Å². The Labute approximate surface area is 248 Å². The van der Waals surface area contributed by atoms with Crippen molar-refractivity contribution in [2.75, 3.05) is 13.2 Å². The van der Waals surface area contributed by atoms with E-state index in [1.54, 1.807) is 0 Å². The lowest BCUT2D eigenvalue weighted by Gasteiger charge is -2.33. The first-order valence-electron chi connectivity index (χ1n) is 13.8. The van der Waals surface area contributed by atoms with E-state index in [9.17, 15) is 4.79 Å². The number of aliphatic hydroxyl groups is 1. The lowest BCUT2D eigenvalue weighted by atomic mass is 9.82. The zero-order valence-corrected chi connectivity index (χ0v) is 24.2. The Balaban J connectivity index is 1.45. The fraction of sp³-hybridized carbons (Fsp3) is 0.235. The lowest BCUT2D eigenvalue weighted by Crippen LogP contribution is -2.49. The second kappa shape index (κ2) is 11.9. The molecule has 41 heavy (non-hydrogen) atoms. The zero-order chi connectivity index (χ0) is 28.2. The smallest absolute Gasteiger partial charge is 0.255 e. The van der Waals surface area contributed by atoms with E-state index in [-0.39, 0.29) is 12.5 Å². The second-order valence-corrected chi connectivity index (χ2v) is 11.3.